The third-order valence-corrected chi connectivity index (χ3v) is 6.18. The second kappa shape index (κ2) is 12.7. The van der Waals surface area contributed by atoms with Gasteiger partial charge in [-0.05, 0) is 62.9 Å². The Labute approximate surface area is 235 Å². The number of nitrogens with two attached hydrogens (primary N) is 1. The van der Waals surface area contributed by atoms with Crippen LogP contribution < -0.4 is 5.73 Å². The van der Waals surface area contributed by atoms with E-state index in [4.69, 9.17) is 15.2 Å². The van der Waals surface area contributed by atoms with Crippen LogP contribution in [0.4, 0.5) is 5.95 Å². The van der Waals surface area contributed by atoms with Gasteiger partial charge in [-0.2, -0.15) is 0 Å². The Morgan fingerprint density at radius 1 is 1.05 bits per heavy atom. The fraction of sp³-hybridized carbons (Fsp3) is 0.387. The number of hydrogen-bond acceptors (Lipinski definition) is 8. The first kappa shape index (κ1) is 30.3. The highest BCUT2D eigenvalue weighted by Gasteiger charge is 2.30. The topological polar surface area (TPSA) is 125 Å². The maximum atomic E-state index is 13.6. The average Bonchev–Trinajstić information content (AvgIpc) is 3.35. The zero-order valence-corrected chi connectivity index (χ0v) is 24.1. The lowest BCUT2D eigenvalue weighted by Gasteiger charge is -2.22. The van der Waals surface area contributed by atoms with E-state index in [2.05, 4.69) is 16.5 Å². The molecule has 2 heterocycles. The average molecular weight is 547 g/mol. The second-order valence-electron chi connectivity index (χ2n) is 10.3. The quantitative estimate of drug-likeness (QED) is 0.311. The van der Waals surface area contributed by atoms with Gasteiger partial charge in [0.1, 0.15) is 11.3 Å². The highest BCUT2D eigenvalue weighted by atomic mass is 16.6. The first-order chi connectivity index (χ1) is 19.0. The smallest absolute Gasteiger partial charge is 0.333 e. The van der Waals surface area contributed by atoms with Crippen molar-refractivity contribution in [1.82, 2.24) is 14.9 Å². The van der Waals surface area contributed by atoms with Crippen molar-refractivity contribution in [3.8, 4) is 0 Å². The number of aromatic nitrogens is 2. The largest absolute Gasteiger partial charge is 0.466 e. The molecule has 3 aromatic rings. The Kier molecular flexibility index (Phi) is 9.63. The molecule has 1 aromatic heterocycles. The lowest BCUT2D eigenvalue weighted by molar-refractivity contribution is -0.150. The molecular weight excluding hydrogens is 508 g/mol. The third kappa shape index (κ3) is 7.02. The van der Waals surface area contributed by atoms with Gasteiger partial charge >= 0.3 is 11.9 Å². The molecular formula is C31H38N4O5. The summed E-state index contributed by atoms with van der Waals surface area (Å²) >= 11 is 0. The summed E-state index contributed by atoms with van der Waals surface area (Å²) in [5.74, 6) is -2.27. The molecule has 4 rings (SSSR count). The van der Waals surface area contributed by atoms with Crippen molar-refractivity contribution in [3.63, 3.8) is 0 Å². The second-order valence-corrected chi connectivity index (χ2v) is 10.3. The van der Waals surface area contributed by atoms with Crippen molar-refractivity contribution in [2.24, 2.45) is 0 Å². The summed E-state index contributed by atoms with van der Waals surface area (Å²) in [4.78, 5) is 49.5. The van der Waals surface area contributed by atoms with Gasteiger partial charge in [0.25, 0.3) is 5.91 Å². The number of nitrogens with zero attached hydrogens (tertiary/aromatic N) is 3. The summed E-state index contributed by atoms with van der Waals surface area (Å²) in [6, 6.07) is 13.0. The Balaban J connectivity index is 0.00000216. The van der Waals surface area contributed by atoms with Gasteiger partial charge in [0, 0.05) is 24.0 Å². The number of benzene rings is 2. The van der Waals surface area contributed by atoms with Gasteiger partial charge in [-0.1, -0.05) is 50.8 Å². The van der Waals surface area contributed by atoms with Crippen molar-refractivity contribution in [2.45, 2.75) is 72.6 Å². The number of fused-ring (bicyclic) bond motifs is 2. The number of ether oxygens (including phenoxy) is 2. The molecule has 0 spiro atoms. The molecule has 1 amide bonds. The third-order valence-electron chi connectivity index (χ3n) is 6.18. The van der Waals surface area contributed by atoms with Crippen LogP contribution in [0.15, 0.2) is 54.6 Å². The van der Waals surface area contributed by atoms with Crippen molar-refractivity contribution < 1.29 is 23.9 Å². The summed E-state index contributed by atoms with van der Waals surface area (Å²) in [5, 5.41) is 0.454. The summed E-state index contributed by atoms with van der Waals surface area (Å²) < 4.78 is 10.7. The van der Waals surface area contributed by atoms with Gasteiger partial charge in [0.2, 0.25) is 5.95 Å². The molecule has 2 N–H and O–H groups in total. The van der Waals surface area contributed by atoms with Crippen LogP contribution >= 0.6 is 0 Å². The summed E-state index contributed by atoms with van der Waals surface area (Å²) in [7, 11) is 0. The molecule has 1 aliphatic heterocycles. The van der Waals surface area contributed by atoms with Crippen molar-refractivity contribution in [2.75, 3.05) is 12.3 Å². The van der Waals surface area contributed by atoms with Crippen molar-refractivity contribution >= 4 is 34.7 Å². The molecule has 0 aliphatic carbocycles. The highest BCUT2D eigenvalue weighted by molar-refractivity contribution is 6.05. The predicted octanol–water partition coefficient (Wildman–Crippen LogP) is 5.33. The van der Waals surface area contributed by atoms with Crippen LogP contribution in [0.2, 0.25) is 0 Å². The Morgan fingerprint density at radius 2 is 1.68 bits per heavy atom. The molecule has 0 saturated carbocycles. The normalized spacial score (nSPS) is 13.1. The van der Waals surface area contributed by atoms with Crippen LogP contribution in [0.3, 0.4) is 0 Å². The summed E-state index contributed by atoms with van der Waals surface area (Å²) in [6.07, 6.45) is -0.0141. The molecule has 0 saturated heterocycles. The van der Waals surface area contributed by atoms with Gasteiger partial charge < -0.3 is 20.1 Å². The maximum Gasteiger partial charge on any atom is 0.333 e. The Bertz CT molecular complexity index is 1400. The van der Waals surface area contributed by atoms with Crippen molar-refractivity contribution in [3.05, 3.63) is 77.0 Å². The van der Waals surface area contributed by atoms with E-state index in [0.717, 1.165) is 11.1 Å². The lowest BCUT2D eigenvalue weighted by Crippen LogP contribution is -2.27. The SMILES string of the molecule is C=C(CC(C(=O)OCC)c1ccc2nc(N)nc(C(=O)N3Cc4ccccc4C3)c2c1)C(=O)OC(C)(C)C.CC. The van der Waals surface area contributed by atoms with E-state index in [0.29, 0.717) is 29.6 Å². The molecule has 2 aromatic carbocycles. The van der Waals surface area contributed by atoms with Gasteiger partial charge in [-0.25, -0.2) is 14.8 Å². The first-order valence-corrected chi connectivity index (χ1v) is 13.5. The summed E-state index contributed by atoms with van der Waals surface area (Å²) in [6.45, 7) is 15.9. The molecule has 0 bridgehead atoms. The summed E-state index contributed by atoms with van der Waals surface area (Å²) in [5.41, 5.74) is 8.69. The zero-order chi connectivity index (χ0) is 29.6. The van der Waals surface area contributed by atoms with Crippen LogP contribution in [0.5, 0.6) is 0 Å². The maximum absolute atomic E-state index is 13.6. The van der Waals surface area contributed by atoms with E-state index in [-0.39, 0.29) is 36.2 Å². The van der Waals surface area contributed by atoms with E-state index in [1.165, 1.54) is 0 Å². The number of hydrogen-bond donors (Lipinski definition) is 1. The van der Waals surface area contributed by atoms with Crippen LogP contribution in [-0.2, 0) is 32.2 Å². The Morgan fingerprint density at radius 3 is 2.25 bits per heavy atom. The molecule has 1 aliphatic rings. The minimum absolute atomic E-state index is 0.0141. The van der Waals surface area contributed by atoms with Gasteiger partial charge in [0.05, 0.1) is 18.0 Å². The molecule has 212 valence electrons. The first-order valence-electron chi connectivity index (χ1n) is 13.5. The zero-order valence-electron chi connectivity index (χ0n) is 24.1. The number of esters is 2. The van der Waals surface area contributed by atoms with Crippen LogP contribution in [-0.4, -0.2) is 44.9 Å². The fourth-order valence-electron chi connectivity index (χ4n) is 4.43. The van der Waals surface area contributed by atoms with E-state index in [1.54, 1.807) is 50.8 Å². The minimum Gasteiger partial charge on any atom is -0.466 e. The van der Waals surface area contributed by atoms with E-state index in [1.807, 2.05) is 38.1 Å². The number of amides is 1. The molecule has 9 nitrogen and oxygen atoms in total. The number of carbonyl (C=O) groups is 3. The van der Waals surface area contributed by atoms with E-state index >= 15 is 0 Å². The van der Waals surface area contributed by atoms with Gasteiger partial charge in [-0.3, -0.25) is 9.59 Å². The van der Waals surface area contributed by atoms with E-state index < -0.39 is 23.5 Å². The molecule has 1 unspecified atom stereocenters. The molecule has 1 atom stereocenters. The van der Waals surface area contributed by atoms with Gasteiger partial charge in [-0.15, -0.1) is 0 Å². The van der Waals surface area contributed by atoms with Crippen molar-refractivity contribution in [1.29, 1.82) is 0 Å². The fourth-order valence-corrected chi connectivity index (χ4v) is 4.43. The van der Waals surface area contributed by atoms with Crippen LogP contribution in [0, 0.1) is 0 Å². The number of rotatable bonds is 7. The monoisotopic (exact) mass is 546 g/mol. The molecule has 40 heavy (non-hydrogen) atoms. The Hall–Kier alpha value is -4.27. The molecule has 0 radical (unpaired) electrons. The highest BCUT2D eigenvalue weighted by Crippen LogP contribution is 2.31. The predicted molar refractivity (Wildman–Crippen MR) is 154 cm³/mol. The molecule has 0 fully saturated rings. The van der Waals surface area contributed by atoms with Crippen LogP contribution in [0.25, 0.3) is 10.9 Å². The van der Waals surface area contributed by atoms with Crippen LogP contribution in [0.1, 0.15) is 81.1 Å². The number of carbonyl (C=O) groups excluding carboxylic acids is 3. The van der Waals surface area contributed by atoms with Gasteiger partial charge in [0.15, 0.2) is 0 Å². The van der Waals surface area contributed by atoms with E-state index in [9.17, 15) is 14.4 Å². The molecule has 9 heteroatoms. The minimum atomic E-state index is -0.851. The lowest BCUT2D eigenvalue weighted by atomic mass is 9.91. The number of nitrogen functional groups attached to an aromatic ring is 1. The standard InChI is InChI=1S/C29H32N4O5.C2H6/c1-6-37-27(36)21(13-17(2)26(35)38-29(3,4)5)18-11-12-23-22(14-18)24(32-28(30)31-23)25(34)33-15-19-9-7-8-10-20(19)16-33;1-2/h7-12,14,21H,2,6,13,15-16H2,1,3-5H3,(H2,30,31,32);1-2H3. The number of anilines is 1.